The van der Waals surface area contributed by atoms with Crippen LogP contribution >= 0.6 is 0 Å². The molecule has 0 amide bonds. The molecule has 5 heteroatoms. The van der Waals surface area contributed by atoms with Gasteiger partial charge in [0.1, 0.15) is 11.3 Å². The lowest BCUT2D eigenvalue weighted by Crippen LogP contribution is -2.39. The molecule has 2 aromatic carbocycles. The van der Waals surface area contributed by atoms with Crippen molar-refractivity contribution < 1.29 is 9.66 Å². The molecule has 3 rings (SSSR count). The average Bonchev–Trinajstić information content (AvgIpc) is 2.52. The minimum Gasteiger partial charge on any atom is -0.480 e. The third kappa shape index (κ3) is 3.44. The molecule has 0 spiro atoms. The Kier molecular flexibility index (Phi) is 4.19. The molecule has 0 aromatic heterocycles. The van der Waals surface area contributed by atoms with Gasteiger partial charge in [-0.15, -0.1) is 0 Å². The highest BCUT2D eigenvalue weighted by molar-refractivity contribution is 5.68. The minimum absolute atomic E-state index is 0.0107. The van der Waals surface area contributed by atoms with E-state index in [0.29, 0.717) is 18.0 Å². The summed E-state index contributed by atoms with van der Waals surface area (Å²) in [5.74, 6) is 0.343. The third-order valence-electron chi connectivity index (χ3n) is 4.27. The van der Waals surface area contributed by atoms with Crippen LogP contribution in [0.2, 0.25) is 0 Å². The van der Waals surface area contributed by atoms with Gasteiger partial charge in [-0.2, -0.15) is 0 Å². The maximum Gasteiger partial charge on any atom is 0.333 e. The molecule has 1 fully saturated rings. The van der Waals surface area contributed by atoms with Crippen molar-refractivity contribution in [2.45, 2.75) is 38.3 Å². The molecule has 2 aromatic rings. The van der Waals surface area contributed by atoms with E-state index >= 15 is 0 Å². The summed E-state index contributed by atoms with van der Waals surface area (Å²) in [6.07, 6.45) is 2.98. The highest BCUT2D eigenvalue weighted by Gasteiger charge is 2.36. The van der Waals surface area contributed by atoms with Crippen LogP contribution in [0.15, 0.2) is 48.5 Å². The van der Waals surface area contributed by atoms with Gasteiger partial charge in [0.25, 0.3) is 0 Å². The van der Waals surface area contributed by atoms with E-state index in [1.165, 1.54) is 0 Å². The lowest BCUT2D eigenvalue weighted by molar-refractivity contribution is -0.385. The Morgan fingerprint density at radius 3 is 2.52 bits per heavy atom. The fraction of sp³-hybridized carbons (Fsp3) is 0.333. The molecule has 0 bridgehead atoms. The number of rotatable bonds is 6. The maximum atomic E-state index is 11.5. The molecule has 1 saturated carbocycles. The Bertz CT molecular complexity index is 697. The van der Waals surface area contributed by atoms with Crippen LogP contribution in [-0.4, -0.2) is 10.5 Å². The quantitative estimate of drug-likeness (QED) is 0.629. The zero-order valence-electron chi connectivity index (χ0n) is 13.1. The summed E-state index contributed by atoms with van der Waals surface area (Å²) < 4.78 is 5.94. The number of nitrogens with zero attached hydrogens (tertiary/aromatic N) is 1. The number of nitro benzene ring substituents is 1. The molecule has 0 unspecified atom stereocenters. The first-order valence-corrected chi connectivity index (χ1v) is 7.82. The molecule has 0 saturated heterocycles. The van der Waals surface area contributed by atoms with Crippen LogP contribution in [-0.2, 0) is 6.54 Å². The van der Waals surface area contributed by atoms with Gasteiger partial charge in [-0.3, -0.25) is 10.1 Å². The predicted octanol–water partition coefficient (Wildman–Crippen LogP) is 4.53. The van der Waals surface area contributed by atoms with Crippen LogP contribution in [0, 0.1) is 10.1 Å². The van der Waals surface area contributed by atoms with Crippen LogP contribution in [0.4, 0.5) is 11.4 Å². The molecule has 1 aliphatic rings. The minimum atomic E-state index is -0.370. The van der Waals surface area contributed by atoms with E-state index in [2.05, 4.69) is 5.32 Å². The summed E-state index contributed by atoms with van der Waals surface area (Å²) >= 11 is 0. The van der Waals surface area contributed by atoms with E-state index in [4.69, 9.17) is 4.74 Å². The second-order valence-corrected chi connectivity index (χ2v) is 6.15. The number of benzene rings is 2. The van der Waals surface area contributed by atoms with Crippen molar-refractivity contribution in [1.82, 2.24) is 0 Å². The van der Waals surface area contributed by atoms with Gasteiger partial charge in [0.15, 0.2) is 5.75 Å². The van der Waals surface area contributed by atoms with Gasteiger partial charge in [0.05, 0.1) is 4.92 Å². The first kappa shape index (κ1) is 15.3. The first-order chi connectivity index (χ1) is 11.1. The number of nitrogens with one attached hydrogen (secondary N) is 1. The molecule has 23 heavy (non-hydrogen) atoms. The first-order valence-electron chi connectivity index (χ1n) is 7.82. The molecular weight excluding hydrogens is 292 g/mol. The van der Waals surface area contributed by atoms with Gasteiger partial charge >= 0.3 is 5.69 Å². The van der Waals surface area contributed by atoms with Gasteiger partial charge in [0.2, 0.25) is 0 Å². The SMILES string of the molecule is CC1(Oc2cccc(NCc3ccccc3)c2[N+](=O)[O-])CCC1. The molecule has 120 valence electrons. The number of hydrogen-bond donors (Lipinski definition) is 1. The zero-order valence-corrected chi connectivity index (χ0v) is 13.1. The van der Waals surface area contributed by atoms with Crippen molar-refractivity contribution >= 4 is 11.4 Å². The molecule has 1 N–H and O–H groups in total. The lowest BCUT2D eigenvalue weighted by atomic mass is 9.82. The second kappa shape index (κ2) is 6.28. The fourth-order valence-corrected chi connectivity index (χ4v) is 2.77. The van der Waals surface area contributed by atoms with Gasteiger partial charge in [-0.1, -0.05) is 36.4 Å². The van der Waals surface area contributed by atoms with Crippen LogP contribution in [0.25, 0.3) is 0 Å². The fourth-order valence-electron chi connectivity index (χ4n) is 2.77. The van der Waals surface area contributed by atoms with Gasteiger partial charge in [-0.25, -0.2) is 0 Å². The van der Waals surface area contributed by atoms with Crippen molar-refractivity contribution in [3.05, 3.63) is 64.2 Å². The molecular formula is C18H20N2O3. The molecule has 0 radical (unpaired) electrons. The standard InChI is InChI=1S/C18H20N2O3/c1-18(11-6-12-18)23-16-10-5-9-15(17(16)20(21)22)19-13-14-7-3-2-4-8-14/h2-5,7-10,19H,6,11-13H2,1H3. The molecule has 0 aliphatic heterocycles. The van der Waals surface area contributed by atoms with Crippen LogP contribution in [0.3, 0.4) is 0 Å². The largest absolute Gasteiger partial charge is 0.480 e. The summed E-state index contributed by atoms with van der Waals surface area (Å²) in [4.78, 5) is 11.2. The summed E-state index contributed by atoms with van der Waals surface area (Å²) in [5.41, 5.74) is 1.29. The van der Waals surface area contributed by atoms with Gasteiger partial charge < -0.3 is 10.1 Å². The third-order valence-corrected chi connectivity index (χ3v) is 4.27. The zero-order chi connectivity index (χ0) is 16.3. The molecule has 5 nitrogen and oxygen atoms in total. The molecule has 1 aliphatic carbocycles. The second-order valence-electron chi connectivity index (χ2n) is 6.15. The highest BCUT2D eigenvalue weighted by Crippen LogP contribution is 2.42. The lowest BCUT2D eigenvalue weighted by Gasteiger charge is -2.38. The number of anilines is 1. The van der Waals surface area contributed by atoms with E-state index in [1.54, 1.807) is 18.2 Å². The van der Waals surface area contributed by atoms with Crippen LogP contribution in [0.1, 0.15) is 31.7 Å². The number of hydrogen-bond acceptors (Lipinski definition) is 4. The van der Waals surface area contributed by atoms with E-state index in [9.17, 15) is 10.1 Å². The van der Waals surface area contributed by atoms with Gasteiger partial charge in [0, 0.05) is 6.54 Å². The number of para-hydroxylation sites is 1. The average molecular weight is 312 g/mol. The van der Waals surface area contributed by atoms with E-state index < -0.39 is 0 Å². The Hall–Kier alpha value is -2.56. The Morgan fingerprint density at radius 1 is 1.17 bits per heavy atom. The van der Waals surface area contributed by atoms with Crippen molar-refractivity contribution in [2.24, 2.45) is 0 Å². The Balaban J connectivity index is 1.83. The van der Waals surface area contributed by atoms with Gasteiger partial charge in [-0.05, 0) is 43.9 Å². The van der Waals surface area contributed by atoms with Crippen molar-refractivity contribution in [3.8, 4) is 5.75 Å². The summed E-state index contributed by atoms with van der Waals surface area (Å²) in [6, 6.07) is 15.0. The Labute approximate surface area is 135 Å². The number of ether oxygens (including phenoxy) is 1. The highest BCUT2D eigenvalue weighted by atomic mass is 16.6. The topological polar surface area (TPSA) is 64.4 Å². The van der Waals surface area contributed by atoms with Crippen LogP contribution < -0.4 is 10.1 Å². The smallest absolute Gasteiger partial charge is 0.333 e. The monoisotopic (exact) mass is 312 g/mol. The summed E-state index contributed by atoms with van der Waals surface area (Å²) in [7, 11) is 0. The van der Waals surface area contributed by atoms with Crippen molar-refractivity contribution in [3.63, 3.8) is 0 Å². The summed E-state index contributed by atoms with van der Waals surface area (Å²) in [5, 5.41) is 14.7. The normalized spacial score (nSPS) is 15.5. The summed E-state index contributed by atoms with van der Waals surface area (Å²) in [6.45, 7) is 2.53. The molecule has 0 heterocycles. The van der Waals surface area contributed by atoms with Crippen LogP contribution in [0.5, 0.6) is 5.75 Å². The molecule has 0 atom stereocenters. The predicted molar refractivity (Wildman–Crippen MR) is 89.7 cm³/mol. The van der Waals surface area contributed by atoms with E-state index in [1.807, 2.05) is 37.3 Å². The number of nitro groups is 1. The van der Waals surface area contributed by atoms with E-state index in [-0.39, 0.29) is 16.2 Å². The Morgan fingerprint density at radius 2 is 1.91 bits per heavy atom. The maximum absolute atomic E-state index is 11.5. The van der Waals surface area contributed by atoms with Crippen molar-refractivity contribution in [2.75, 3.05) is 5.32 Å². The van der Waals surface area contributed by atoms with E-state index in [0.717, 1.165) is 24.8 Å². The van der Waals surface area contributed by atoms with Crippen molar-refractivity contribution in [1.29, 1.82) is 0 Å².